The minimum atomic E-state index is -0.547. The number of rotatable bonds is 5. The standard InChI is InChI=1S/C17H26N2O4/c1-12(18-16(21)23-17(2,3)4)11-19(5)15(20)13-7-9-14(22-6)10-8-13/h7-10,12H,11H2,1-6H3,(H,18,21)/t12-/m1/s1. The quantitative estimate of drug-likeness (QED) is 0.905. The van der Waals surface area contributed by atoms with Gasteiger partial charge in [-0.1, -0.05) is 0 Å². The van der Waals surface area contributed by atoms with E-state index in [1.54, 1.807) is 64.1 Å². The average Bonchev–Trinajstić information content (AvgIpc) is 2.44. The molecule has 0 heterocycles. The summed E-state index contributed by atoms with van der Waals surface area (Å²) in [7, 11) is 3.27. The van der Waals surface area contributed by atoms with Crippen LogP contribution in [-0.4, -0.2) is 49.2 Å². The van der Waals surface area contributed by atoms with Crippen molar-refractivity contribution < 1.29 is 19.1 Å². The van der Waals surface area contributed by atoms with Gasteiger partial charge in [-0.3, -0.25) is 4.79 Å². The summed E-state index contributed by atoms with van der Waals surface area (Å²) in [5.41, 5.74) is 0.0204. The van der Waals surface area contributed by atoms with Crippen molar-refractivity contribution in [2.24, 2.45) is 0 Å². The second kappa shape index (κ2) is 7.85. The van der Waals surface area contributed by atoms with E-state index in [1.807, 2.05) is 6.92 Å². The van der Waals surface area contributed by atoms with Gasteiger partial charge in [-0.2, -0.15) is 0 Å². The van der Waals surface area contributed by atoms with E-state index >= 15 is 0 Å². The predicted molar refractivity (Wildman–Crippen MR) is 88.8 cm³/mol. The number of amides is 2. The SMILES string of the molecule is COc1ccc(C(=O)N(C)C[C@@H](C)NC(=O)OC(C)(C)C)cc1. The van der Waals surface area contributed by atoms with Gasteiger partial charge in [0.25, 0.3) is 5.91 Å². The molecule has 1 N–H and O–H groups in total. The van der Waals surface area contributed by atoms with Crippen molar-refractivity contribution in [2.45, 2.75) is 39.3 Å². The zero-order chi connectivity index (χ0) is 17.6. The zero-order valence-corrected chi connectivity index (χ0v) is 14.7. The lowest BCUT2D eigenvalue weighted by atomic mass is 10.2. The van der Waals surface area contributed by atoms with Gasteiger partial charge in [0, 0.05) is 25.2 Å². The largest absolute Gasteiger partial charge is 0.497 e. The third kappa shape index (κ3) is 6.59. The Hall–Kier alpha value is -2.24. The Morgan fingerprint density at radius 2 is 1.78 bits per heavy atom. The van der Waals surface area contributed by atoms with Crippen LogP contribution in [0.15, 0.2) is 24.3 Å². The van der Waals surface area contributed by atoms with Crippen LogP contribution in [0.3, 0.4) is 0 Å². The smallest absolute Gasteiger partial charge is 0.407 e. The molecule has 2 amide bonds. The number of likely N-dealkylation sites (N-methyl/N-ethyl adjacent to an activating group) is 1. The summed E-state index contributed by atoms with van der Waals surface area (Å²) >= 11 is 0. The number of nitrogens with one attached hydrogen (secondary N) is 1. The second-order valence-electron chi connectivity index (χ2n) is 6.46. The van der Waals surface area contributed by atoms with Crippen molar-refractivity contribution in [3.05, 3.63) is 29.8 Å². The summed E-state index contributed by atoms with van der Waals surface area (Å²) in [6.07, 6.45) is -0.490. The number of hydrogen-bond acceptors (Lipinski definition) is 4. The molecule has 1 aromatic carbocycles. The molecule has 0 aromatic heterocycles. The van der Waals surface area contributed by atoms with Crippen LogP contribution in [0, 0.1) is 0 Å². The molecule has 1 rings (SSSR count). The molecule has 0 unspecified atom stereocenters. The van der Waals surface area contributed by atoms with Gasteiger partial charge in [-0.15, -0.1) is 0 Å². The highest BCUT2D eigenvalue weighted by Crippen LogP contribution is 2.13. The highest BCUT2D eigenvalue weighted by molar-refractivity contribution is 5.94. The van der Waals surface area contributed by atoms with E-state index in [1.165, 1.54) is 0 Å². The number of nitrogens with zero attached hydrogens (tertiary/aromatic N) is 1. The number of hydrogen-bond donors (Lipinski definition) is 1. The lowest BCUT2D eigenvalue weighted by Crippen LogP contribution is -2.44. The molecule has 0 saturated carbocycles. The van der Waals surface area contributed by atoms with Crippen molar-refractivity contribution in [3.8, 4) is 5.75 Å². The zero-order valence-electron chi connectivity index (χ0n) is 14.7. The van der Waals surface area contributed by atoms with E-state index in [0.717, 1.165) is 0 Å². The fourth-order valence-corrected chi connectivity index (χ4v) is 2.00. The summed E-state index contributed by atoms with van der Waals surface area (Å²) in [4.78, 5) is 25.6. The van der Waals surface area contributed by atoms with E-state index in [4.69, 9.17) is 9.47 Å². The first-order valence-electron chi connectivity index (χ1n) is 7.51. The van der Waals surface area contributed by atoms with Crippen LogP contribution in [0.4, 0.5) is 4.79 Å². The molecular formula is C17H26N2O4. The van der Waals surface area contributed by atoms with E-state index in [-0.39, 0.29) is 11.9 Å². The summed E-state index contributed by atoms with van der Waals surface area (Å²) in [6, 6.07) is 6.68. The molecule has 6 nitrogen and oxygen atoms in total. The van der Waals surface area contributed by atoms with Crippen molar-refractivity contribution in [1.29, 1.82) is 0 Å². The molecule has 1 aromatic rings. The number of carbonyl (C=O) groups is 2. The first-order valence-corrected chi connectivity index (χ1v) is 7.51. The molecule has 0 aliphatic carbocycles. The van der Waals surface area contributed by atoms with Crippen molar-refractivity contribution in [3.63, 3.8) is 0 Å². The van der Waals surface area contributed by atoms with Crippen molar-refractivity contribution in [1.82, 2.24) is 10.2 Å². The van der Waals surface area contributed by atoms with Crippen LogP contribution in [-0.2, 0) is 4.74 Å². The van der Waals surface area contributed by atoms with Crippen LogP contribution in [0.5, 0.6) is 5.75 Å². The van der Waals surface area contributed by atoms with Crippen LogP contribution < -0.4 is 10.1 Å². The van der Waals surface area contributed by atoms with Gasteiger partial charge in [0.15, 0.2) is 0 Å². The average molecular weight is 322 g/mol. The monoisotopic (exact) mass is 322 g/mol. The van der Waals surface area contributed by atoms with Gasteiger partial charge in [0.05, 0.1) is 7.11 Å². The van der Waals surface area contributed by atoms with Crippen molar-refractivity contribution >= 4 is 12.0 Å². The maximum atomic E-state index is 12.3. The third-order valence-electron chi connectivity index (χ3n) is 2.99. The molecule has 1 atom stereocenters. The van der Waals surface area contributed by atoms with Crippen LogP contribution in [0.2, 0.25) is 0 Å². The first kappa shape index (κ1) is 18.8. The molecule has 6 heteroatoms. The highest BCUT2D eigenvalue weighted by atomic mass is 16.6. The minimum Gasteiger partial charge on any atom is -0.497 e. The fraction of sp³-hybridized carbons (Fsp3) is 0.529. The topological polar surface area (TPSA) is 67.9 Å². The van der Waals surface area contributed by atoms with Gasteiger partial charge < -0.3 is 19.7 Å². The van der Waals surface area contributed by atoms with Crippen LogP contribution in [0.1, 0.15) is 38.1 Å². The fourth-order valence-electron chi connectivity index (χ4n) is 2.00. The lowest BCUT2D eigenvalue weighted by molar-refractivity contribution is 0.0491. The molecule has 0 saturated heterocycles. The number of alkyl carbamates (subject to hydrolysis) is 1. The Morgan fingerprint density at radius 1 is 1.22 bits per heavy atom. The Kier molecular flexibility index (Phi) is 6.42. The molecule has 0 bridgehead atoms. The Balaban J connectivity index is 2.55. The molecule has 128 valence electrons. The Bertz CT molecular complexity index is 535. The minimum absolute atomic E-state index is 0.120. The number of methoxy groups -OCH3 is 1. The Labute approximate surface area is 137 Å². The van der Waals surface area contributed by atoms with Crippen LogP contribution in [0.25, 0.3) is 0 Å². The summed E-state index contributed by atoms with van der Waals surface area (Å²) in [6.45, 7) is 7.61. The maximum Gasteiger partial charge on any atom is 0.407 e. The predicted octanol–water partition coefficient (Wildman–Crippen LogP) is 2.68. The number of benzene rings is 1. The van der Waals surface area contributed by atoms with Gasteiger partial charge in [0.2, 0.25) is 0 Å². The van der Waals surface area contributed by atoms with Crippen LogP contribution >= 0.6 is 0 Å². The molecule has 23 heavy (non-hydrogen) atoms. The normalized spacial score (nSPS) is 12.3. The molecule has 0 aliphatic heterocycles. The summed E-state index contributed by atoms with van der Waals surface area (Å²) < 4.78 is 10.3. The van der Waals surface area contributed by atoms with E-state index in [2.05, 4.69) is 5.32 Å². The summed E-state index contributed by atoms with van der Waals surface area (Å²) in [5, 5.41) is 2.72. The van der Waals surface area contributed by atoms with Gasteiger partial charge in [-0.25, -0.2) is 4.79 Å². The summed E-state index contributed by atoms with van der Waals surface area (Å²) in [5.74, 6) is 0.578. The van der Waals surface area contributed by atoms with Gasteiger partial charge >= 0.3 is 6.09 Å². The highest BCUT2D eigenvalue weighted by Gasteiger charge is 2.20. The van der Waals surface area contributed by atoms with Crippen molar-refractivity contribution in [2.75, 3.05) is 20.7 Å². The first-order chi connectivity index (χ1) is 10.6. The lowest BCUT2D eigenvalue weighted by Gasteiger charge is -2.25. The molecule has 0 radical (unpaired) electrons. The van der Waals surface area contributed by atoms with Gasteiger partial charge in [0.1, 0.15) is 11.4 Å². The van der Waals surface area contributed by atoms with E-state index in [9.17, 15) is 9.59 Å². The Morgan fingerprint density at radius 3 is 2.26 bits per heavy atom. The molecule has 0 fully saturated rings. The molecule has 0 spiro atoms. The number of ether oxygens (including phenoxy) is 2. The third-order valence-corrected chi connectivity index (χ3v) is 2.99. The maximum absolute atomic E-state index is 12.3. The molecule has 0 aliphatic rings. The van der Waals surface area contributed by atoms with E-state index < -0.39 is 11.7 Å². The van der Waals surface area contributed by atoms with E-state index in [0.29, 0.717) is 17.9 Å². The van der Waals surface area contributed by atoms with Gasteiger partial charge in [-0.05, 0) is 52.0 Å². The second-order valence-corrected chi connectivity index (χ2v) is 6.46. The number of carbonyl (C=O) groups excluding carboxylic acids is 2. The molecular weight excluding hydrogens is 296 g/mol.